The molecule has 0 radical (unpaired) electrons. The smallest absolute Gasteiger partial charge is 0.322 e. The van der Waals surface area contributed by atoms with E-state index < -0.39 is 0 Å². The highest BCUT2D eigenvalue weighted by molar-refractivity contribution is 5.88. The fourth-order valence-electron chi connectivity index (χ4n) is 3.95. The maximum absolute atomic E-state index is 12.6. The van der Waals surface area contributed by atoms with Gasteiger partial charge in [0.15, 0.2) is 0 Å². The van der Waals surface area contributed by atoms with Crippen LogP contribution in [0.5, 0.6) is 0 Å². The number of rotatable bonds is 5. The van der Waals surface area contributed by atoms with E-state index in [0.29, 0.717) is 24.3 Å². The Kier molecular flexibility index (Phi) is 6.11. The second-order valence-corrected chi connectivity index (χ2v) is 7.45. The Balaban J connectivity index is 1.69. The minimum absolute atomic E-state index is 0.120. The van der Waals surface area contributed by atoms with Crippen molar-refractivity contribution in [2.75, 3.05) is 32.0 Å². The zero-order valence-corrected chi connectivity index (χ0v) is 16.7. The van der Waals surface area contributed by atoms with Gasteiger partial charge < -0.3 is 4.90 Å². The zero-order valence-electron chi connectivity index (χ0n) is 16.7. The van der Waals surface area contributed by atoms with Crippen molar-refractivity contribution >= 4 is 11.8 Å². The van der Waals surface area contributed by atoms with Gasteiger partial charge in [0.2, 0.25) is 0 Å². The molecule has 0 aromatic carbocycles. The van der Waals surface area contributed by atoms with E-state index >= 15 is 0 Å². The van der Waals surface area contributed by atoms with Crippen molar-refractivity contribution in [3.8, 4) is 0 Å². The summed E-state index contributed by atoms with van der Waals surface area (Å²) >= 11 is 0. The molecule has 1 fully saturated rings. The topological polar surface area (TPSA) is 66.3 Å². The van der Waals surface area contributed by atoms with Crippen molar-refractivity contribution in [2.45, 2.75) is 32.7 Å². The van der Waals surface area contributed by atoms with Crippen molar-refractivity contribution in [1.82, 2.24) is 24.6 Å². The fourth-order valence-corrected chi connectivity index (χ4v) is 3.95. The molecule has 0 unspecified atom stereocenters. The van der Waals surface area contributed by atoms with Gasteiger partial charge in [-0.1, -0.05) is 13.0 Å². The van der Waals surface area contributed by atoms with Gasteiger partial charge in [-0.25, -0.2) is 9.78 Å². The molecule has 1 saturated heterocycles. The number of likely N-dealkylation sites (tertiary alicyclic amines) is 1. The number of carbonyl (C=O) groups excluding carboxylic acids is 1. The van der Waals surface area contributed by atoms with Gasteiger partial charge in [0.25, 0.3) is 0 Å². The quantitative estimate of drug-likeness (QED) is 0.878. The lowest BCUT2D eigenvalue weighted by atomic mass is 9.85. The molecular weight excluding hydrogens is 340 g/mol. The SMILES string of the molecule is CCN1CCC[C@@H](CN(C)C(=O)Nc2ccc(C)cn2)[C@@H]1c1cnn(C)c1. The molecule has 0 bridgehead atoms. The molecule has 3 heterocycles. The van der Waals surface area contributed by atoms with Gasteiger partial charge >= 0.3 is 6.03 Å². The summed E-state index contributed by atoms with van der Waals surface area (Å²) in [6.07, 6.45) is 8.08. The van der Waals surface area contributed by atoms with E-state index in [1.165, 1.54) is 5.56 Å². The predicted octanol–water partition coefficient (Wildman–Crippen LogP) is 3.06. The van der Waals surface area contributed by atoms with Crippen molar-refractivity contribution < 1.29 is 4.79 Å². The van der Waals surface area contributed by atoms with E-state index in [1.807, 2.05) is 44.0 Å². The third-order valence-electron chi connectivity index (χ3n) is 5.33. The Morgan fingerprint density at radius 2 is 2.19 bits per heavy atom. The number of hydrogen-bond acceptors (Lipinski definition) is 4. The van der Waals surface area contributed by atoms with Crippen LogP contribution in [0.4, 0.5) is 10.6 Å². The lowest BCUT2D eigenvalue weighted by Gasteiger charge is -2.41. The monoisotopic (exact) mass is 370 g/mol. The van der Waals surface area contributed by atoms with Crippen LogP contribution in [0.1, 0.15) is 36.9 Å². The number of piperidine rings is 1. The number of amides is 2. The Morgan fingerprint density at radius 1 is 1.37 bits per heavy atom. The molecule has 2 amide bonds. The van der Waals surface area contributed by atoms with Gasteiger partial charge in [0.1, 0.15) is 5.82 Å². The van der Waals surface area contributed by atoms with Crippen LogP contribution in [0.2, 0.25) is 0 Å². The number of aryl methyl sites for hydroxylation is 2. The maximum atomic E-state index is 12.6. The molecule has 27 heavy (non-hydrogen) atoms. The van der Waals surface area contributed by atoms with Crippen LogP contribution in [0, 0.1) is 12.8 Å². The van der Waals surface area contributed by atoms with E-state index in [9.17, 15) is 4.79 Å². The summed E-state index contributed by atoms with van der Waals surface area (Å²) in [6, 6.07) is 3.95. The molecule has 7 heteroatoms. The summed E-state index contributed by atoms with van der Waals surface area (Å²) < 4.78 is 1.86. The minimum Gasteiger partial charge on any atom is -0.327 e. The minimum atomic E-state index is -0.120. The van der Waals surface area contributed by atoms with Crippen LogP contribution in [-0.2, 0) is 7.05 Å². The normalized spacial score (nSPS) is 20.4. The number of anilines is 1. The van der Waals surface area contributed by atoms with Crippen molar-refractivity contribution in [3.63, 3.8) is 0 Å². The number of pyridine rings is 1. The molecular formula is C20H30N6O. The molecule has 0 saturated carbocycles. The number of carbonyl (C=O) groups is 1. The molecule has 1 aliphatic heterocycles. The molecule has 7 nitrogen and oxygen atoms in total. The number of aromatic nitrogens is 3. The van der Waals surface area contributed by atoms with Gasteiger partial charge in [-0.2, -0.15) is 5.10 Å². The van der Waals surface area contributed by atoms with Crippen molar-refractivity contribution in [2.24, 2.45) is 13.0 Å². The Labute approximate surface area is 161 Å². The number of nitrogens with zero attached hydrogens (tertiary/aromatic N) is 5. The summed E-state index contributed by atoms with van der Waals surface area (Å²) in [5, 5.41) is 7.25. The second kappa shape index (κ2) is 8.52. The summed E-state index contributed by atoms with van der Waals surface area (Å²) in [5.41, 5.74) is 2.31. The molecule has 2 atom stereocenters. The van der Waals surface area contributed by atoms with E-state index in [-0.39, 0.29) is 6.03 Å². The third kappa shape index (κ3) is 4.66. The van der Waals surface area contributed by atoms with E-state index in [4.69, 9.17) is 0 Å². The molecule has 3 rings (SSSR count). The van der Waals surface area contributed by atoms with E-state index in [0.717, 1.165) is 31.5 Å². The third-order valence-corrected chi connectivity index (χ3v) is 5.33. The summed E-state index contributed by atoms with van der Waals surface area (Å²) in [4.78, 5) is 21.1. The zero-order chi connectivity index (χ0) is 19.4. The van der Waals surface area contributed by atoms with Crippen LogP contribution in [0.25, 0.3) is 0 Å². The van der Waals surface area contributed by atoms with Gasteiger partial charge in [0.05, 0.1) is 6.20 Å². The lowest BCUT2D eigenvalue weighted by Crippen LogP contribution is -2.44. The maximum Gasteiger partial charge on any atom is 0.322 e. The number of urea groups is 1. The number of hydrogen-bond donors (Lipinski definition) is 1. The van der Waals surface area contributed by atoms with Crippen LogP contribution in [0.15, 0.2) is 30.7 Å². The lowest BCUT2D eigenvalue weighted by molar-refractivity contribution is 0.0828. The van der Waals surface area contributed by atoms with Crippen LogP contribution in [0.3, 0.4) is 0 Å². The van der Waals surface area contributed by atoms with Gasteiger partial charge in [0, 0.05) is 44.6 Å². The first kappa shape index (κ1) is 19.4. The Hall–Kier alpha value is -2.41. The van der Waals surface area contributed by atoms with Gasteiger partial charge in [-0.05, 0) is 50.4 Å². The second-order valence-electron chi connectivity index (χ2n) is 7.45. The van der Waals surface area contributed by atoms with Crippen molar-refractivity contribution in [1.29, 1.82) is 0 Å². The average Bonchev–Trinajstić information content (AvgIpc) is 3.09. The summed E-state index contributed by atoms with van der Waals surface area (Å²) in [5.74, 6) is 0.963. The van der Waals surface area contributed by atoms with E-state index in [2.05, 4.69) is 33.4 Å². The molecule has 2 aromatic heterocycles. The first-order valence-corrected chi connectivity index (χ1v) is 9.65. The van der Waals surface area contributed by atoms with Gasteiger partial charge in [-0.15, -0.1) is 0 Å². The molecule has 1 N–H and O–H groups in total. The number of nitrogens with one attached hydrogen (secondary N) is 1. The largest absolute Gasteiger partial charge is 0.327 e. The van der Waals surface area contributed by atoms with Crippen LogP contribution in [-0.4, -0.2) is 57.3 Å². The van der Waals surface area contributed by atoms with Gasteiger partial charge in [-0.3, -0.25) is 14.9 Å². The predicted molar refractivity (Wildman–Crippen MR) is 107 cm³/mol. The van der Waals surface area contributed by atoms with Crippen LogP contribution >= 0.6 is 0 Å². The molecule has 1 aliphatic rings. The van der Waals surface area contributed by atoms with Crippen LogP contribution < -0.4 is 5.32 Å². The molecule has 146 valence electrons. The highest BCUT2D eigenvalue weighted by Crippen LogP contribution is 2.36. The molecule has 2 aromatic rings. The molecule has 0 spiro atoms. The first-order chi connectivity index (χ1) is 13.0. The highest BCUT2D eigenvalue weighted by Gasteiger charge is 2.34. The standard InChI is InChI=1S/C20H30N6O/c1-5-26-10-6-7-16(19(26)17-12-22-25(4)14-17)13-24(3)20(27)23-18-9-8-15(2)11-21-18/h8-9,11-12,14,16,19H,5-7,10,13H2,1-4H3,(H,21,23,27)/t16-,19+/m0/s1. The Morgan fingerprint density at radius 3 is 2.81 bits per heavy atom. The van der Waals surface area contributed by atoms with Crippen molar-refractivity contribution in [3.05, 3.63) is 41.9 Å². The summed E-state index contributed by atoms with van der Waals surface area (Å²) in [7, 11) is 3.81. The molecule has 0 aliphatic carbocycles. The Bertz CT molecular complexity index is 756. The fraction of sp³-hybridized carbons (Fsp3) is 0.550. The summed E-state index contributed by atoms with van der Waals surface area (Å²) in [6.45, 7) is 6.97. The first-order valence-electron chi connectivity index (χ1n) is 9.65. The van der Waals surface area contributed by atoms with E-state index in [1.54, 1.807) is 11.1 Å². The average molecular weight is 371 g/mol. The highest BCUT2D eigenvalue weighted by atomic mass is 16.2.